The lowest BCUT2D eigenvalue weighted by atomic mass is 10.3. The standard InChI is InChI=1S/C14H14Br3NO2S/c15-9-4-12(16)14(13(17)5-9)18-6-10(19)7-20-8-11-2-1-3-21-11/h1-5,10,18-19H,6-8H2. The van der Waals surface area contributed by atoms with Crippen molar-refractivity contribution in [2.75, 3.05) is 18.5 Å². The lowest BCUT2D eigenvalue weighted by molar-refractivity contribution is 0.0359. The van der Waals surface area contributed by atoms with Gasteiger partial charge in [0.05, 0.1) is 25.0 Å². The molecule has 114 valence electrons. The van der Waals surface area contributed by atoms with Crippen LogP contribution in [0.4, 0.5) is 5.69 Å². The molecule has 1 aromatic heterocycles. The van der Waals surface area contributed by atoms with E-state index in [0.717, 1.165) is 24.0 Å². The Hall–Kier alpha value is 0.0800. The molecule has 0 aliphatic heterocycles. The number of hydrogen-bond acceptors (Lipinski definition) is 4. The average molecular weight is 500 g/mol. The summed E-state index contributed by atoms with van der Waals surface area (Å²) in [5.41, 5.74) is 0.913. The number of rotatable bonds is 7. The molecule has 0 fully saturated rings. The van der Waals surface area contributed by atoms with E-state index in [-0.39, 0.29) is 0 Å². The van der Waals surface area contributed by atoms with E-state index >= 15 is 0 Å². The predicted molar refractivity (Wildman–Crippen MR) is 98.0 cm³/mol. The quantitative estimate of drug-likeness (QED) is 0.561. The first-order chi connectivity index (χ1) is 10.1. The smallest absolute Gasteiger partial charge is 0.0945 e. The molecule has 0 radical (unpaired) electrons. The molecule has 1 atom stereocenters. The van der Waals surface area contributed by atoms with Gasteiger partial charge in [-0.25, -0.2) is 0 Å². The molecular formula is C14H14Br3NO2S. The minimum atomic E-state index is -0.563. The van der Waals surface area contributed by atoms with Crippen molar-refractivity contribution in [1.82, 2.24) is 0 Å². The molecule has 21 heavy (non-hydrogen) atoms. The van der Waals surface area contributed by atoms with Gasteiger partial charge in [0.25, 0.3) is 0 Å². The Balaban J connectivity index is 1.77. The summed E-state index contributed by atoms with van der Waals surface area (Å²) < 4.78 is 8.33. The molecule has 0 bridgehead atoms. The number of aliphatic hydroxyl groups excluding tert-OH is 1. The fourth-order valence-electron chi connectivity index (χ4n) is 1.68. The van der Waals surface area contributed by atoms with E-state index in [9.17, 15) is 5.11 Å². The summed E-state index contributed by atoms with van der Waals surface area (Å²) in [5, 5.41) is 15.2. The molecule has 2 N–H and O–H groups in total. The zero-order valence-electron chi connectivity index (χ0n) is 11.0. The highest BCUT2D eigenvalue weighted by Crippen LogP contribution is 2.34. The maximum Gasteiger partial charge on any atom is 0.0945 e. The predicted octanol–water partition coefficient (Wildman–Crippen LogP) is 5.03. The first kappa shape index (κ1) is 17.4. The van der Waals surface area contributed by atoms with E-state index in [1.165, 1.54) is 0 Å². The van der Waals surface area contributed by atoms with Crippen LogP contribution in [-0.2, 0) is 11.3 Å². The van der Waals surface area contributed by atoms with Gasteiger partial charge in [0.2, 0.25) is 0 Å². The molecule has 7 heteroatoms. The zero-order valence-corrected chi connectivity index (χ0v) is 16.6. The Labute approximate surface area is 153 Å². The average Bonchev–Trinajstić information content (AvgIpc) is 2.90. The topological polar surface area (TPSA) is 41.5 Å². The summed E-state index contributed by atoms with van der Waals surface area (Å²) in [5.74, 6) is 0. The number of ether oxygens (including phenoxy) is 1. The maximum atomic E-state index is 9.95. The Morgan fingerprint density at radius 3 is 2.57 bits per heavy atom. The maximum absolute atomic E-state index is 9.95. The molecule has 0 saturated heterocycles. The Morgan fingerprint density at radius 1 is 1.24 bits per heavy atom. The molecule has 1 unspecified atom stereocenters. The summed E-state index contributed by atoms with van der Waals surface area (Å²) in [6.45, 7) is 1.26. The molecule has 0 saturated carbocycles. The number of aliphatic hydroxyl groups is 1. The number of thiophene rings is 1. The summed E-state index contributed by atoms with van der Waals surface area (Å²) in [4.78, 5) is 1.16. The lowest BCUT2D eigenvalue weighted by Crippen LogP contribution is -2.25. The molecule has 2 rings (SSSR count). The molecule has 0 amide bonds. The second kappa shape index (κ2) is 8.64. The van der Waals surface area contributed by atoms with Gasteiger partial charge in [-0.05, 0) is 55.4 Å². The van der Waals surface area contributed by atoms with E-state index in [0.29, 0.717) is 19.8 Å². The van der Waals surface area contributed by atoms with Crippen LogP contribution in [-0.4, -0.2) is 24.4 Å². The summed E-state index contributed by atoms with van der Waals surface area (Å²) in [7, 11) is 0. The minimum absolute atomic E-state index is 0.302. The van der Waals surface area contributed by atoms with Crippen LogP contribution in [0.25, 0.3) is 0 Å². The number of halogens is 3. The normalized spacial score (nSPS) is 12.4. The second-order valence-corrected chi connectivity index (χ2v) is 8.03. The van der Waals surface area contributed by atoms with E-state index in [1.54, 1.807) is 11.3 Å². The van der Waals surface area contributed by atoms with Gasteiger partial charge >= 0.3 is 0 Å². The van der Waals surface area contributed by atoms with Gasteiger partial charge in [0, 0.05) is 24.8 Å². The minimum Gasteiger partial charge on any atom is -0.389 e. The largest absolute Gasteiger partial charge is 0.389 e. The molecule has 3 nitrogen and oxygen atoms in total. The van der Waals surface area contributed by atoms with Gasteiger partial charge in [-0.3, -0.25) is 0 Å². The Kier molecular flexibility index (Phi) is 7.18. The SMILES string of the molecule is OC(CNc1c(Br)cc(Br)cc1Br)COCc1cccs1. The third-order valence-corrected chi connectivity index (χ3v) is 5.21. The van der Waals surface area contributed by atoms with Gasteiger partial charge in [0.15, 0.2) is 0 Å². The number of anilines is 1. The molecule has 0 spiro atoms. The molecule has 2 aromatic rings. The molecular weight excluding hydrogens is 486 g/mol. The van der Waals surface area contributed by atoms with E-state index in [1.807, 2.05) is 29.6 Å². The highest BCUT2D eigenvalue weighted by Gasteiger charge is 2.10. The monoisotopic (exact) mass is 497 g/mol. The van der Waals surface area contributed by atoms with Gasteiger partial charge in [0.1, 0.15) is 0 Å². The number of nitrogens with one attached hydrogen (secondary N) is 1. The van der Waals surface area contributed by atoms with Crippen molar-refractivity contribution in [2.45, 2.75) is 12.7 Å². The zero-order chi connectivity index (χ0) is 15.2. The summed E-state index contributed by atoms with van der Waals surface area (Å²) >= 11 is 12.1. The first-order valence-corrected chi connectivity index (χ1v) is 9.48. The van der Waals surface area contributed by atoms with Gasteiger partial charge in [-0.15, -0.1) is 11.3 Å². The van der Waals surface area contributed by atoms with Crippen molar-refractivity contribution in [2.24, 2.45) is 0 Å². The van der Waals surface area contributed by atoms with Crippen LogP contribution >= 0.6 is 59.1 Å². The molecule has 1 heterocycles. The first-order valence-electron chi connectivity index (χ1n) is 6.23. The van der Waals surface area contributed by atoms with Gasteiger partial charge in [-0.1, -0.05) is 22.0 Å². The van der Waals surface area contributed by atoms with Crippen molar-refractivity contribution >= 4 is 64.8 Å². The van der Waals surface area contributed by atoms with Crippen molar-refractivity contribution < 1.29 is 9.84 Å². The number of benzene rings is 1. The highest BCUT2D eigenvalue weighted by atomic mass is 79.9. The van der Waals surface area contributed by atoms with Crippen LogP contribution < -0.4 is 5.32 Å². The number of hydrogen-bond donors (Lipinski definition) is 2. The van der Waals surface area contributed by atoms with Crippen molar-refractivity contribution in [3.63, 3.8) is 0 Å². The second-order valence-electron chi connectivity index (χ2n) is 4.37. The fraction of sp³-hybridized carbons (Fsp3) is 0.286. The Morgan fingerprint density at radius 2 is 1.95 bits per heavy atom. The third kappa shape index (κ3) is 5.65. The van der Waals surface area contributed by atoms with Crippen molar-refractivity contribution in [1.29, 1.82) is 0 Å². The highest BCUT2D eigenvalue weighted by molar-refractivity contribution is 9.11. The third-order valence-electron chi connectivity index (χ3n) is 2.66. The van der Waals surface area contributed by atoms with Crippen LogP contribution in [0.15, 0.2) is 43.1 Å². The van der Waals surface area contributed by atoms with Crippen LogP contribution in [0.3, 0.4) is 0 Å². The Bertz CT molecular complexity index is 555. The van der Waals surface area contributed by atoms with Crippen LogP contribution in [0.2, 0.25) is 0 Å². The van der Waals surface area contributed by atoms with Gasteiger partial charge < -0.3 is 15.2 Å². The van der Waals surface area contributed by atoms with E-state index in [2.05, 4.69) is 53.1 Å². The van der Waals surface area contributed by atoms with Gasteiger partial charge in [-0.2, -0.15) is 0 Å². The van der Waals surface area contributed by atoms with Crippen LogP contribution in [0.1, 0.15) is 4.88 Å². The van der Waals surface area contributed by atoms with E-state index < -0.39 is 6.10 Å². The fourth-order valence-corrected chi connectivity index (χ4v) is 4.86. The van der Waals surface area contributed by atoms with Crippen molar-refractivity contribution in [3.05, 3.63) is 47.9 Å². The lowest BCUT2D eigenvalue weighted by Gasteiger charge is -2.15. The molecule has 0 aliphatic carbocycles. The van der Waals surface area contributed by atoms with E-state index in [4.69, 9.17) is 4.74 Å². The van der Waals surface area contributed by atoms with Crippen LogP contribution in [0, 0.1) is 0 Å². The van der Waals surface area contributed by atoms with Crippen LogP contribution in [0.5, 0.6) is 0 Å². The summed E-state index contributed by atoms with van der Waals surface area (Å²) in [6.07, 6.45) is -0.563. The molecule has 1 aromatic carbocycles. The van der Waals surface area contributed by atoms with Crippen molar-refractivity contribution in [3.8, 4) is 0 Å². The molecule has 0 aliphatic rings. The summed E-state index contributed by atoms with van der Waals surface area (Å²) in [6, 6.07) is 7.91.